The Morgan fingerprint density at radius 2 is 1.83 bits per heavy atom. The highest BCUT2D eigenvalue weighted by molar-refractivity contribution is 7.89. The second-order valence-electron chi connectivity index (χ2n) is 7.77. The number of rotatable bonds is 6. The van der Waals surface area contributed by atoms with Crippen molar-refractivity contribution < 1.29 is 12.8 Å². The Bertz CT molecular complexity index is 922. The summed E-state index contributed by atoms with van der Waals surface area (Å²) in [6.45, 7) is 4.19. The Labute approximate surface area is 171 Å². The van der Waals surface area contributed by atoms with Crippen LogP contribution in [0.4, 0.5) is 10.2 Å². The maximum Gasteiger partial charge on any atom is 0.240 e. The monoisotopic (exact) mass is 418 g/mol. The normalized spacial score (nSPS) is 19.0. The third-order valence-electron chi connectivity index (χ3n) is 5.86. The highest BCUT2D eigenvalue weighted by Crippen LogP contribution is 2.25. The van der Waals surface area contributed by atoms with Gasteiger partial charge in [-0.2, -0.15) is 0 Å². The van der Waals surface area contributed by atoms with E-state index in [0.29, 0.717) is 0 Å². The molecule has 2 heterocycles. The first kappa shape index (κ1) is 20.3. The first-order chi connectivity index (χ1) is 14.0. The zero-order valence-electron chi connectivity index (χ0n) is 16.4. The van der Waals surface area contributed by atoms with Gasteiger partial charge in [-0.05, 0) is 42.7 Å². The lowest BCUT2D eigenvalue weighted by Gasteiger charge is -2.38. The van der Waals surface area contributed by atoms with Gasteiger partial charge in [-0.25, -0.2) is 22.5 Å². The molecule has 1 saturated heterocycles. The molecule has 0 bridgehead atoms. The van der Waals surface area contributed by atoms with E-state index < -0.39 is 15.8 Å². The average Bonchev–Trinajstić information content (AvgIpc) is 3.28. The molecule has 1 aliphatic carbocycles. The quantitative estimate of drug-likeness (QED) is 0.782. The lowest BCUT2D eigenvalue weighted by molar-refractivity contribution is 0.187. The predicted octanol–water partition coefficient (Wildman–Crippen LogP) is 2.76. The number of sulfonamides is 1. The van der Waals surface area contributed by atoms with Crippen molar-refractivity contribution in [2.24, 2.45) is 0 Å². The molecule has 156 valence electrons. The largest absolute Gasteiger partial charge is 0.354 e. The summed E-state index contributed by atoms with van der Waals surface area (Å²) in [6.07, 6.45) is 7.08. The molecule has 29 heavy (non-hydrogen) atoms. The summed E-state index contributed by atoms with van der Waals surface area (Å²) in [5.74, 6) is 0.347. The fourth-order valence-corrected chi connectivity index (χ4v) is 5.24. The zero-order valence-corrected chi connectivity index (χ0v) is 17.2. The number of hydrogen-bond donors (Lipinski definition) is 1. The lowest BCUT2D eigenvalue weighted by Crippen LogP contribution is -2.50. The molecule has 8 heteroatoms. The van der Waals surface area contributed by atoms with Crippen LogP contribution in [0.2, 0.25) is 0 Å². The second kappa shape index (κ2) is 8.77. The predicted molar refractivity (Wildman–Crippen MR) is 111 cm³/mol. The van der Waals surface area contributed by atoms with E-state index in [1.165, 1.54) is 43.9 Å². The smallest absolute Gasteiger partial charge is 0.240 e. The molecule has 0 spiro atoms. The fraction of sp³-hybridized carbons (Fsp3) is 0.476. The molecule has 2 fully saturated rings. The van der Waals surface area contributed by atoms with Crippen LogP contribution in [0.25, 0.3) is 0 Å². The number of anilines is 1. The number of piperazine rings is 1. The Balaban J connectivity index is 1.31. The summed E-state index contributed by atoms with van der Waals surface area (Å²) in [5.41, 5.74) is 0.762. The summed E-state index contributed by atoms with van der Waals surface area (Å²) in [4.78, 5) is 9.34. The summed E-state index contributed by atoms with van der Waals surface area (Å²) >= 11 is 0. The van der Waals surface area contributed by atoms with E-state index in [4.69, 9.17) is 0 Å². The van der Waals surface area contributed by atoms with Crippen LogP contribution in [0.3, 0.4) is 0 Å². The summed E-state index contributed by atoms with van der Waals surface area (Å²) in [5, 5.41) is 0. The van der Waals surface area contributed by atoms with E-state index in [9.17, 15) is 12.8 Å². The third kappa shape index (κ3) is 4.94. The Morgan fingerprint density at radius 1 is 1.07 bits per heavy atom. The topological polar surface area (TPSA) is 65.5 Å². The lowest BCUT2D eigenvalue weighted by atomic mass is 10.2. The first-order valence-electron chi connectivity index (χ1n) is 10.2. The van der Waals surface area contributed by atoms with Crippen molar-refractivity contribution in [3.8, 4) is 0 Å². The number of pyridine rings is 1. The maximum atomic E-state index is 13.3. The summed E-state index contributed by atoms with van der Waals surface area (Å²) in [7, 11) is -3.76. The van der Waals surface area contributed by atoms with Gasteiger partial charge < -0.3 is 4.90 Å². The van der Waals surface area contributed by atoms with Crippen molar-refractivity contribution in [3.05, 3.63) is 54.0 Å². The van der Waals surface area contributed by atoms with Gasteiger partial charge >= 0.3 is 0 Å². The number of aromatic nitrogens is 1. The van der Waals surface area contributed by atoms with Gasteiger partial charge in [-0.3, -0.25) is 4.90 Å². The Morgan fingerprint density at radius 3 is 2.48 bits per heavy atom. The van der Waals surface area contributed by atoms with E-state index in [1.807, 2.05) is 12.1 Å². The van der Waals surface area contributed by atoms with Crippen molar-refractivity contribution in [1.82, 2.24) is 14.6 Å². The van der Waals surface area contributed by atoms with Crippen molar-refractivity contribution in [2.75, 3.05) is 31.1 Å². The minimum atomic E-state index is -3.76. The van der Waals surface area contributed by atoms with Gasteiger partial charge in [0.05, 0.1) is 4.90 Å². The Kier molecular flexibility index (Phi) is 6.12. The molecular formula is C21H27FN4O2S. The fourth-order valence-electron chi connectivity index (χ4n) is 4.19. The van der Waals surface area contributed by atoms with Crippen molar-refractivity contribution in [3.63, 3.8) is 0 Å². The van der Waals surface area contributed by atoms with Crippen molar-refractivity contribution >= 4 is 15.8 Å². The number of nitrogens with zero attached hydrogens (tertiary/aromatic N) is 3. The molecule has 1 N–H and O–H groups in total. The minimum Gasteiger partial charge on any atom is -0.354 e. The van der Waals surface area contributed by atoms with E-state index in [0.717, 1.165) is 49.7 Å². The molecule has 2 aromatic rings. The van der Waals surface area contributed by atoms with E-state index in [2.05, 4.69) is 19.5 Å². The molecule has 1 aliphatic heterocycles. The van der Waals surface area contributed by atoms with Crippen LogP contribution in [0.5, 0.6) is 0 Å². The molecule has 2 aliphatic rings. The van der Waals surface area contributed by atoms with Gasteiger partial charge in [0.15, 0.2) is 0 Å². The SMILES string of the molecule is O=S(=O)(NCc1ccc(N2CCN(C3CCCC3)CC2)nc1)c1cccc(F)c1. The third-order valence-corrected chi connectivity index (χ3v) is 7.26. The molecule has 1 saturated carbocycles. The molecule has 0 atom stereocenters. The summed E-state index contributed by atoms with van der Waals surface area (Å²) in [6, 6.07) is 9.57. The van der Waals surface area contributed by atoms with Gasteiger partial charge in [0.1, 0.15) is 11.6 Å². The molecule has 1 aromatic heterocycles. The molecule has 4 rings (SSSR count). The molecule has 6 nitrogen and oxygen atoms in total. The van der Waals surface area contributed by atoms with Crippen LogP contribution >= 0.6 is 0 Å². The standard InChI is InChI=1S/C21H27FN4O2S/c22-18-4-3-7-20(14-18)29(27,28)24-16-17-8-9-21(23-15-17)26-12-10-25(11-13-26)19-5-1-2-6-19/h3-4,7-9,14-15,19,24H,1-2,5-6,10-13,16H2. The summed E-state index contributed by atoms with van der Waals surface area (Å²) < 4.78 is 40.4. The number of halogens is 1. The molecule has 0 amide bonds. The first-order valence-corrected chi connectivity index (χ1v) is 11.7. The van der Waals surface area contributed by atoms with Crippen LogP contribution in [0, 0.1) is 5.82 Å². The zero-order chi connectivity index (χ0) is 20.3. The molecule has 0 radical (unpaired) electrons. The van der Waals surface area contributed by atoms with Gasteiger partial charge in [-0.1, -0.05) is 25.0 Å². The van der Waals surface area contributed by atoms with Gasteiger partial charge in [0.2, 0.25) is 10.0 Å². The molecule has 0 unspecified atom stereocenters. The molecular weight excluding hydrogens is 391 g/mol. The number of hydrogen-bond acceptors (Lipinski definition) is 5. The van der Waals surface area contributed by atoms with E-state index in [-0.39, 0.29) is 11.4 Å². The van der Waals surface area contributed by atoms with Crippen LogP contribution in [-0.2, 0) is 16.6 Å². The highest BCUT2D eigenvalue weighted by Gasteiger charge is 2.26. The minimum absolute atomic E-state index is 0.0813. The van der Waals surface area contributed by atoms with Crippen LogP contribution < -0.4 is 9.62 Å². The van der Waals surface area contributed by atoms with Crippen molar-refractivity contribution in [1.29, 1.82) is 0 Å². The highest BCUT2D eigenvalue weighted by atomic mass is 32.2. The van der Waals surface area contributed by atoms with Crippen LogP contribution in [0.1, 0.15) is 31.2 Å². The maximum absolute atomic E-state index is 13.3. The number of benzene rings is 1. The van der Waals surface area contributed by atoms with Gasteiger partial charge in [0.25, 0.3) is 0 Å². The molecule has 1 aromatic carbocycles. The second-order valence-corrected chi connectivity index (χ2v) is 9.53. The number of nitrogens with one attached hydrogen (secondary N) is 1. The van der Waals surface area contributed by atoms with Gasteiger partial charge in [0, 0.05) is 45.0 Å². The van der Waals surface area contributed by atoms with E-state index in [1.54, 1.807) is 6.20 Å². The van der Waals surface area contributed by atoms with Crippen molar-refractivity contribution in [2.45, 2.75) is 43.2 Å². The van der Waals surface area contributed by atoms with Crippen LogP contribution in [-0.4, -0.2) is 50.5 Å². The van der Waals surface area contributed by atoms with E-state index >= 15 is 0 Å². The van der Waals surface area contributed by atoms with Crippen LogP contribution in [0.15, 0.2) is 47.5 Å². The Hall–Kier alpha value is -2.03. The average molecular weight is 419 g/mol. The van der Waals surface area contributed by atoms with Gasteiger partial charge in [-0.15, -0.1) is 0 Å².